The van der Waals surface area contributed by atoms with E-state index in [1.165, 1.54) is 0 Å². The van der Waals surface area contributed by atoms with E-state index in [1.807, 2.05) is 26.8 Å². The molecule has 0 bridgehead atoms. The number of aliphatic imine (C=N–C) groups is 1. The van der Waals surface area contributed by atoms with Crippen LogP contribution < -0.4 is 15.4 Å². The van der Waals surface area contributed by atoms with Crippen LogP contribution in [-0.2, 0) is 11.3 Å². The van der Waals surface area contributed by atoms with Crippen molar-refractivity contribution >= 4 is 45.3 Å². The van der Waals surface area contributed by atoms with Gasteiger partial charge in [-0.15, -0.1) is 0 Å². The van der Waals surface area contributed by atoms with Crippen LogP contribution in [0.4, 0.5) is 10.5 Å². The van der Waals surface area contributed by atoms with Gasteiger partial charge in [-0.25, -0.2) is 9.79 Å². The van der Waals surface area contributed by atoms with E-state index in [2.05, 4.69) is 50.5 Å². The molecule has 3 aliphatic rings. The zero-order valence-electron chi connectivity index (χ0n) is 20.5. The molecule has 11 heteroatoms. The molecule has 1 amide bonds. The zero-order chi connectivity index (χ0) is 24.6. The van der Waals surface area contributed by atoms with Crippen LogP contribution in [0.1, 0.15) is 26.3 Å². The highest BCUT2D eigenvalue weighted by Gasteiger charge is 2.33. The zero-order valence-corrected chi connectivity index (χ0v) is 22.8. The monoisotopic (exact) mass is 556 g/mol. The van der Waals surface area contributed by atoms with Crippen molar-refractivity contribution in [3.05, 3.63) is 21.1 Å². The number of piperazine rings is 1. The molecule has 2 saturated heterocycles. The Bertz CT molecular complexity index is 961. The van der Waals surface area contributed by atoms with Crippen LogP contribution in [0.15, 0.2) is 15.5 Å². The third-order valence-electron chi connectivity index (χ3n) is 6.13. The van der Waals surface area contributed by atoms with Crippen molar-refractivity contribution in [2.45, 2.75) is 45.0 Å². The number of ether oxygens (including phenoxy) is 2. The smallest absolute Gasteiger partial charge is 0.410 e. The first-order valence-electron chi connectivity index (χ1n) is 11.6. The SMILES string of the molecule is CN(C)C1CN(C2=Nc3cc(Br)c(Cl)c(OC[C@@H]4CN(C(=O)OC(C)(C)C)CCN4)c3CN2)C1. The van der Waals surface area contributed by atoms with E-state index in [4.69, 9.17) is 26.1 Å². The molecule has 1 atom stereocenters. The molecule has 0 spiro atoms. The Labute approximate surface area is 214 Å². The molecule has 1 aromatic carbocycles. The van der Waals surface area contributed by atoms with Crippen LogP contribution in [-0.4, -0.2) is 97.9 Å². The second kappa shape index (κ2) is 10.1. The summed E-state index contributed by atoms with van der Waals surface area (Å²) < 4.78 is 12.5. The second-order valence-electron chi connectivity index (χ2n) is 10.2. The first-order valence-corrected chi connectivity index (χ1v) is 12.8. The molecule has 34 heavy (non-hydrogen) atoms. The summed E-state index contributed by atoms with van der Waals surface area (Å²) in [6.07, 6.45) is -0.301. The van der Waals surface area contributed by atoms with Gasteiger partial charge in [-0.3, -0.25) is 0 Å². The predicted octanol–water partition coefficient (Wildman–Crippen LogP) is 3.03. The molecular weight excluding hydrogens is 524 g/mol. The van der Waals surface area contributed by atoms with Gasteiger partial charge in [-0.05, 0) is 56.9 Å². The molecule has 0 aromatic heterocycles. The van der Waals surface area contributed by atoms with Crippen molar-refractivity contribution in [1.29, 1.82) is 0 Å². The van der Waals surface area contributed by atoms with E-state index in [0.717, 1.165) is 34.8 Å². The summed E-state index contributed by atoms with van der Waals surface area (Å²) in [4.78, 5) is 23.5. The minimum atomic E-state index is -0.521. The lowest BCUT2D eigenvalue weighted by Gasteiger charge is -2.45. The predicted molar refractivity (Wildman–Crippen MR) is 137 cm³/mol. The quantitative estimate of drug-likeness (QED) is 0.589. The number of benzene rings is 1. The average Bonchev–Trinajstić information content (AvgIpc) is 2.72. The van der Waals surface area contributed by atoms with Gasteiger partial charge >= 0.3 is 6.09 Å². The van der Waals surface area contributed by atoms with Crippen LogP contribution in [0.2, 0.25) is 5.02 Å². The number of guanidine groups is 1. The molecule has 1 aromatic rings. The van der Waals surface area contributed by atoms with Crippen molar-refractivity contribution in [2.75, 3.05) is 53.4 Å². The minimum absolute atomic E-state index is 0.0355. The molecule has 0 unspecified atom stereocenters. The second-order valence-corrected chi connectivity index (χ2v) is 11.4. The first-order chi connectivity index (χ1) is 16.0. The topological polar surface area (TPSA) is 81.7 Å². The van der Waals surface area contributed by atoms with Crippen molar-refractivity contribution in [1.82, 2.24) is 25.3 Å². The van der Waals surface area contributed by atoms with Gasteiger partial charge < -0.3 is 34.8 Å². The van der Waals surface area contributed by atoms with Crippen LogP contribution in [0, 0.1) is 0 Å². The van der Waals surface area contributed by atoms with E-state index >= 15 is 0 Å². The van der Waals surface area contributed by atoms with E-state index in [1.54, 1.807) is 4.90 Å². The summed E-state index contributed by atoms with van der Waals surface area (Å²) in [5.41, 5.74) is 1.26. The molecule has 0 aliphatic carbocycles. The maximum atomic E-state index is 12.5. The van der Waals surface area contributed by atoms with Gasteiger partial charge in [0.1, 0.15) is 18.0 Å². The summed E-state index contributed by atoms with van der Waals surface area (Å²) in [6, 6.07) is 2.45. The van der Waals surface area contributed by atoms with Crippen LogP contribution in [0.25, 0.3) is 0 Å². The fourth-order valence-corrected chi connectivity index (χ4v) is 4.74. The maximum Gasteiger partial charge on any atom is 0.410 e. The molecule has 2 fully saturated rings. The molecule has 2 N–H and O–H groups in total. The lowest BCUT2D eigenvalue weighted by atomic mass is 10.1. The lowest BCUT2D eigenvalue weighted by molar-refractivity contribution is 0.0178. The number of amides is 1. The van der Waals surface area contributed by atoms with Gasteiger partial charge in [0, 0.05) is 55.3 Å². The Balaban J connectivity index is 1.43. The van der Waals surface area contributed by atoms with Gasteiger partial charge in [0.25, 0.3) is 0 Å². The summed E-state index contributed by atoms with van der Waals surface area (Å²) in [7, 11) is 4.20. The van der Waals surface area contributed by atoms with E-state index in [0.29, 0.717) is 49.6 Å². The fourth-order valence-electron chi connectivity index (χ4n) is 4.12. The molecule has 3 aliphatic heterocycles. The normalized spacial score (nSPS) is 20.9. The molecule has 4 rings (SSSR count). The Kier molecular flexibility index (Phi) is 7.52. The number of carbonyl (C=O) groups is 1. The van der Waals surface area contributed by atoms with E-state index in [-0.39, 0.29) is 12.1 Å². The molecule has 0 radical (unpaired) electrons. The van der Waals surface area contributed by atoms with E-state index in [9.17, 15) is 4.79 Å². The lowest BCUT2D eigenvalue weighted by Crippen LogP contribution is -2.62. The Morgan fingerprint density at radius 1 is 1.32 bits per heavy atom. The highest BCUT2D eigenvalue weighted by Crippen LogP contribution is 2.42. The standard InChI is InChI=1S/C23H34BrClN6O3/c1-23(2,3)34-22(32)30-7-6-26-14(10-30)13-33-20-16-9-27-21(31-11-15(12-31)29(4)5)28-18(16)8-17(24)19(20)25/h8,14-15,26H,6-7,9-13H2,1-5H3,(H,27,28)/t14-/m0/s1. The fraction of sp³-hybridized carbons (Fsp3) is 0.652. The number of likely N-dealkylation sites (N-methyl/N-ethyl adjacent to an activating group) is 1. The molecule has 9 nitrogen and oxygen atoms in total. The largest absolute Gasteiger partial charge is 0.490 e. The van der Waals surface area contributed by atoms with Crippen molar-refractivity contribution in [3.8, 4) is 5.75 Å². The maximum absolute atomic E-state index is 12.5. The third-order valence-corrected chi connectivity index (χ3v) is 7.36. The number of hydrogen-bond acceptors (Lipinski definition) is 8. The van der Waals surface area contributed by atoms with Crippen molar-refractivity contribution < 1.29 is 14.3 Å². The number of carbonyl (C=O) groups excluding carboxylic acids is 1. The van der Waals surface area contributed by atoms with Crippen LogP contribution in [0.5, 0.6) is 5.75 Å². The Morgan fingerprint density at radius 2 is 2.06 bits per heavy atom. The average molecular weight is 558 g/mol. The number of nitrogens with one attached hydrogen (secondary N) is 2. The Morgan fingerprint density at radius 3 is 2.74 bits per heavy atom. The molecule has 3 heterocycles. The minimum Gasteiger partial charge on any atom is -0.490 e. The number of rotatable bonds is 4. The van der Waals surface area contributed by atoms with Crippen LogP contribution >= 0.6 is 27.5 Å². The third kappa shape index (κ3) is 5.72. The molecule has 188 valence electrons. The number of likely N-dealkylation sites (tertiary alicyclic amines) is 1. The Hall–Kier alpha value is -1.75. The van der Waals surface area contributed by atoms with Gasteiger partial charge in [0.15, 0.2) is 5.96 Å². The number of fused-ring (bicyclic) bond motifs is 1. The summed E-state index contributed by atoms with van der Waals surface area (Å²) in [6.45, 7) is 10.3. The molecule has 0 saturated carbocycles. The number of halogens is 2. The number of nitrogens with zero attached hydrogens (tertiary/aromatic N) is 4. The van der Waals surface area contributed by atoms with Crippen molar-refractivity contribution in [2.24, 2.45) is 4.99 Å². The van der Waals surface area contributed by atoms with E-state index < -0.39 is 5.60 Å². The van der Waals surface area contributed by atoms with Gasteiger partial charge in [0.2, 0.25) is 0 Å². The molecular formula is C23H34BrClN6O3. The number of hydrogen-bond donors (Lipinski definition) is 2. The summed E-state index contributed by atoms with van der Waals surface area (Å²) in [5, 5.41) is 7.37. The highest BCUT2D eigenvalue weighted by atomic mass is 79.9. The highest BCUT2D eigenvalue weighted by molar-refractivity contribution is 9.10. The van der Waals surface area contributed by atoms with Gasteiger partial charge in [-0.2, -0.15) is 0 Å². The summed E-state index contributed by atoms with van der Waals surface area (Å²) >= 11 is 10.2. The summed E-state index contributed by atoms with van der Waals surface area (Å²) in [5.74, 6) is 1.50. The first kappa shape index (κ1) is 25.3. The van der Waals surface area contributed by atoms with Gasteiger partial charge in [0.05, 0.1) is 16.8 Å². The van der Waals surface area contributed by atoms with Crippen molar-refractivity contribution in [3.63, 3.8) is 0 Å². The van der Waals surface area contributed by atoms with Crippen LogP contribution in [0.3, 0.4) is 0 Å². The van der Waals surface area contributed by atoms with Gasteiger partial charge in [-0.1, -0.05) is 11.6 Å².